The molecule has 0 aliphatic rings. The zero-order chi connectivity index (χ0) is 15.6. The zero-order valence-electron chi connectivity index (χ0n) is 12.0. The highest BCUT2D eigenvalue weighted by Crippen LogP contribution is 2.33. The van der Waals surface area contributed by atoms with Crippen LogP contribution in [0.15, 0.2) is 22.7 Å². The van der Waals surface area contributed by atoms with Crippen molar-refractivity contribution >= 4 is 5.69 Å². The van der Waals surface area contributed by atoms with Gasteiger partial charge in [-0.1, -0.05) is 12.1 Å². The van der Waals surface area contributed by atoms with Crippen LogP contribution < -0.4 is 10.5 Å². The summed E-state index contributed by atoms with van der Waals surface area (Å²) in [5.74, 6) is 0.872. The minimum Gasteiger partial charge on any atom is -0.496 e. The van der Waals surface area contributed by atoms with E-state index in [2.05, 4.69) is 10.1 Å². The first-order valence-electron chi connectivity index (χ1n) is 6.35. The summed E-state index contributed by atoms with van der Waals surface area (Å²) in [5, 5.41) is 14.6. The fourth-order valence-electron chi connectivity index (χ4n) is 1.69. The normalized spacial score (nSPS) is 13.7. The smallest absolute Gasteiger partial charge is 0.273 e. The monoisotopic (exact) mass is 292 g/mol. The number of rotatable bonds is 5. The van der Waals surface area contributed by atoms with Crippen LogP contribution in [0.4, 0.5) is 5.69 Å². The van der Waals surface area contributed by atoms with Crippen molar-refractivity contribution in [2.24, 2.45) is 5.73 Å². The maximum absolute atomic E-state index is 10.8. The van der Waals surface area contributed by atoms with Crippen molar-refractivity contribution in [2.75, 3.05) is 7.11 Å². The molecule has 112 valence electrons. The largest absolute Gasteiger partial charge is 0.496 e. The summed E-state index contributed by atoms with van der Waals surface area (Å²) in [7, 11) is 1.42. The lowest BCUT2D eigenvalue weighted by Gasteiger charge is -2.16. The maximum Gasteiger partial charge on any atom is 0.273 e. The van der Waals surface area contributed by atoms with Crippen LogP contribution in [0.2, 0.25) is 0 Å². The second kappa shape index (κ2) is 5.49. The molecule has 1 atom stereocenters. The first kappa shape index (κ1) is 14.9. The molecule has 21 heavy (non-hydrogen) atoms. The molecule has 2 aromatic rings. The van der Waals surface area contributed by atoms with Crippen LogP contribution in [-0.4, -0.2) is 22.2 Å². The number of benzene rings is 1. The van der Waals surface area contributed by atoms with Gasteiger partial charge >= 0.3 is 0 Å². The summed E-state index contributed by atoms with van der Waals surface area (Å²) in [6.45, 7) is 3.72. The molecule has 0 radical (unpaired) electrons. The Morgan fingerprint density at radius 3 is 2.81 bits per heavy atom. The quantitative estimate of drug-likeness (QED) is 0.663. The number of nitrogens with two attached hydrogens (primary N) is 1. The molecule has 1 aromatic carbocycles. The number of aromatic nitrogens is 2. The average molecular weight is 292 g/mol. The van der Waals surface area contributed by atoms with Gasteiger partial charge < -0.3 is 15.0 Å². The third-order valence-electron chi connectivity index (χ3n) is 3.30. The number of nitro benzene ring substituents is 1. The first-order chi connectivity index (χ1) is 9.89. The van der Waals surface area contributed by atoms with E-state index in [0.717, 1.165) is 0 Å². The Kier molecular flexibility index (Phi) is 3.90. The van der Waals surface area contributed by atoms with Gasteiger partial charge in [-0.3, -0.25) is 10.1 Å². The molecule has 0 saturated heterocycles. The number of nitrogens with zero attached hydrogens (tertiary/aromatic N) is 3. The molecule has 1 unspecified atom stereocenters. The lowest BCUT2D eigenvalue weighted by molar-refractivity contribution is -0.384. The van der Waals surface area contributed by atoms with Crippen molar-refractivity contribution in [3.63, 3.8) is 0 Å². The minimum absolute atomic E-state index is 0.0763. The van der Waals surface area contributed by atoms with E-state index in [9.17, 15) is 10.1 Å². The van der Waals surface area contributed by atoms with Crippen LogP contribution in [0.3, 0.4) is 0 Å². The first-order valence-corrected chi connectivity index (χ1v) is 6.35. The van der Waals surface area contributed by atoms with Crippen molar-refractivity contribution in [3.8, 4) is 17.2 Å². The van der Waals surface area contributed by atoms with E-state index in [1.807, 2.05) is 6.92 Å². The fourth-order valence-corrected chi connectivity index (χ4v) is 1.69. The molecule has 8 nitrogen and oxygen atoms in total. The minimum atomic E-state index is -0.699. The van der Waals surface area contributed by atoms with Crippen molar-refractivity contribution in [1.82, 2.24) is 10.1 Å². The summed E-state index contributed by atoms with van der Waals surface area (Å²) in [4.78, 5) is 14.5. The molecule has 8 heteroatoms. The van der Waals surface area contributed by atoms with Crippen LogP contribution in [0.5, 0.6) is 5.75 Å². The maximum atomic E-state index is 10.8. The molecule has 0 aliphatic heterocycles. The Hall–Kier alpha value is -2.48. The summed E-state index contributed by atoms with van der Waals surface area (Å²) >= 11 is 0. The summed E-state index contributed by atoms with van der Waals surface area (Å²) in [6.07, 6.45) is 0.642. The Morgan fingerprint density at radius 2 is 2.24 bits per heavy atom. The highest BCUT2D eigenvalue weighted by molar-refractivity contribution is 5.65. The van der Waals surface area contributed by atoms with Crippen molar-refractivity contribution < 1.29 is 14.2 Å². The van der Waals surface area contributed by atoms with E-state index in [1.165, 1.54) is 25.3 Å². The van der Waals surface area contributed by atoms with Gasteiger partial charge in [0.05, 0.1) is 29.2 Å². The van der Waals surface area contributed by atoms with E-state index in [-0.39, 0.29) is 17.3 Å². The summed E-state index contributed by atoms with van der Waals surface area (Å²) < 4.78 is 10.3. The summed E-state index contributed by atoms with van der Waals surface area (Å²) in [5.41, 5.74) is 5.76. The molecule has 0 amide bonds. The number of nitro groups is 1. The molecule has 0 saturated carbocycles. The Morgan fingerprint density at radius 1 is 1.52 bits per heavy atom. The molecule has 0 bridgehead atoms. The molecule has 2 N–H and O–H groups in total. The Bertz CT molecular complexity index is 666. The van der Waals surface area contributed by atoms with E-state index in [0.29, 0.717) is 17.8 Å². The number of methoxy groups -OCH3 is 1. The topological polar surface area (TPSA) is 117 Å². The third-order valence-corrected chi connectivity index (χ3v) is 3.30. The van der Waals surface area contributed by atoms with Crippen LogP contribution in [0, 0.1) is 10.1 Å². The van der Waals surface area contributed by atoms with E-state index >= 15 is 0 Å². The van der Waals surface area contributed by atoms with Gasteiger partial charge in [0.2, 0.25) is 0 Å². The number of hydrogen-bond acceptors (Lipinski definition) is 7. The van der Waals surface area contributed by atoms with Gasteiger partial charge in [0.1, 0.15) is 5.75 Å². The van der Waals surface area contributed by atoms with Crippen molar-refractivity contribution in [2.45, 2.75) is 25.8 Å². The van der Waals surface area contributed by atoms with Gasteiger partial charge in [-0.25, -0.2) is 0 Å². The van der Waals surface area contributed by atoms with Crippen LogP contribution >= 0.6 is 0 Å². The summed E-state index contributed by atoms with van der Waals surface area (Å²) in [6, 6.07) is 4.16. The fraction of sp³-hybridized carbons (Fsp3) is 0.385. The standard InChI is InChI=1S/C13H16N4O4/c1-4-13(2,14)12-15-11(21-16-12)9-6-5-8(17(18)19)7-10(9)20-3/h5-7H,4,14H2,1-3H3. The molecule has 1 heterocycles. The van der Waals surface area contributed by atoms with Gasteiger partial charge in [0, 0.05) is 6.07 Å². The predicted octanol–water partition coefficient (Wildman–Crippen LogP) is 2.24. The second-order valence-corrected chi connectivity index (χ2v) is 4.84. The molecule has 0 aliphatic carbocycles. The molecule has 1 aromatic heterocycles. The lowest BCUT2D eigenvalue weighted by atomic mass is 10.00. The molecular weight excluding hydrogens is 276 g/mol. The number of hydrogen-bond donors (Lipinski definition) is 1. The SMILES string of the molecule is CCC(C)(N)c1noc(-c2ccc([N+](=O)[O-])cc2OC)n1. The van der Waals surface area contributed by atoms with E-state index in [4.69, 9.17) is 15.0 Å². The number of ether oxygens (including phenoxy) is 1. The van der Waals surface area contributed by atoms with Crippen LogP contribution in [0.25, 0.3) is 11.5 Å². The van der Waals surface area contributed by atoms with Crippen LogP contribution in [-0.2, 0) is 5.54 Å². The van der Waals surface area contributed by atoms with Gasteiger partial charge in [-0.05, 0) is 19.4 Å². The van der Waals surface area contributed by atoms with Crippen molar-refractivity contribution in [3.05, 3.63) is 34.1 Å². The predicted molar refractivity (Wildman–Crippen MR) is 74.8 cm³/mol. The van der Waals surface area contributed by atoms with Gasteiger partial charge in [0.25, 0.3) is 11.6 Å². The third kappa shape index (κ3) is 2.84. The highest BCUT2D eigenvalue weighted by Gasteiger charge is 2.26. The van der Waals surface area contributed by atoms with Gasteiger partial charge in [-0.15, -0.1) is 0 Å². The van der Waals surface area contributed by atoms with Crippen LogP contribution in [0.1, 0.15) is 26.1 Å². The molecule has 2 rings (SSSR count). The highest BCUT2D eigenvalue weighted by atomic mass is 16.6. The Balaban J connectivity index is 2.45. The number of non-ortho nitro benzene ring substituents is 1. The van der Waals surface area contributed by atoms with E-state index < -0.39 is 10.5 Å². The molecule has 0 fully saturated rings. The van der Waals surface area contributed by atoms with Crippen molar-refractivity contribution in [1.29, 1.82) is 0 Å². The lowest BCUT2D eigenvalue weighted by Crippen LogP contribution is -2.33. The second-order valence-electron chi connectivity index (χ2n) is 4.84. The molecular formula is C13H16N4O4. The average Bonchev–Trinajstić information content (AvgIpc) is 2.96. The van der Waals surface area contributed by atoms with E-state index in [1.54, 1.807) is 6.92 Å². The zero-order valence-corrected chi connectivity index (χ0v) is 12.0. The van der Waals surface area contributed by atoms with Gasteiger partial charge in [0.15, 0.2) is 5.82 Å². The molecule has 0 spiro atoms. The van der Waals surface area contributed by atoms with Gasteiger partial charge in [-0.2, -0.15) is 4.98 Å². The Labute approximate surface area is 121 Å².